The van der Waals surface area contributed by atoms with Crippen LogP contribution >= 0.6 is 0 Å². The number of nitrogens with zero attached hydrogens (tertiary/aromatic N) is 3. The van der Waals surface area contributed by atoms with Crippen LogP contribution in [0, 0.1) is 6.92 Å². The third-order valence-electron chi connectivity index (χ3n) is 3.86. The number of phenolic OH excluding ortho intramolecular Hbond substituents is 1. The van der Waals surface area contributed by atoms with E-state index in [4.69, 9.17) is 5.11 Å². The Bertz CT molecular complexity index is 896. The maximum Gasteiger partial charge on any atom is 0.416 e. The van der Waals surface area contributed by atoms with Crippen molar-refractivity contribution < 1.29 is 23.4 Å². The summed E-state index contributed by atoms with van der Waals surface area (Å²) < 4.78 is 40.2. The highest BCUT2D eigenvalue weighted by molar-refractivity contribution is 5.80. The molecule has 3 rings (SSSR count). The molecule has 0 amide bonds. The maximum atomic E-state index is 12.8. The van der Waals surface area contributed by atoms with E-state index in [1.54, 1.807) is 23.0 Å². The summed E-state index contributed by atoms with van der Waals surface area (Å²) >= 11 is 0. The third-order valence-corrected chi connectivity index (χ3v) is 3.86. The number of rotatable bonds is 4. The molecule has 0 radical (unpaired) electrons. The first kappa shape index (κ1) is 17.2. The fraction of sp³-hybridized carbons (Fsp3) is 0.294. The van der Waals surface area contributed by atoms with E-state index in [9.17, 15) is 18.3 Å². The number of aryl methyl sites for hydroxylation is 2. The summed E-state index contributed by atoms with van der Waals surface area (Å²) in [5.74, 6) is -0.473. The minimum absolute atomic E-state index is 0.0491. The lowest BCUT2D eigenvalue weighted by molar-refractivity contribution is -0.137. The van der Waals surface area contributed by atoms with E-state index in [2.05, 4.69) is 10.1 Å². The van der Waals surface area contributed by atoms with E-state index in [0.717, 1.165) is 11.5 Å². The topological polar surface area (TPSA) is 71.2 Å². The summed E-state index contributed by atoms with van der Waals surface area (Å²) in [6.07, 6.45) is -2.19. The molecule has 0 fully saturated rings. The second-order valence-corrected chi connectivity index (χ2v) is 5.76. The fourth-order valence-electron chi connectivity index (χ4n) is 2.70. The van der Waals surface area contributed by atoms with E-state index in [-0.39, 0.29) is 17.7 Å². The summed E-state index contributed by atoms with van der Waals surface area (Å²) in [6.45, 7) is 2.08. The lowest BCUT2D eigenvalue weighted by Crippen LogP contribution is -2.05. The molecule has 2 heterocycles. The normalized spacial score (nSPS) is 12.0. The highest BCUT2D eigenvalue weighted by Crippen LogP contribution is 2.38. The van der Waals surface area contributed by atoms with Crippen LogP contribution in [0.25, 0.3) is 22.3 Å². The Kier molecular flexibility index (Phi) is 4.38. The largest absolute Gasteiger partial charge is 0.507 e. The van der Waals surface area contributed by atoms with Crippen molar-refractivity contribution in [2.24, 2.45) is 0 Å². The van der Waals surface area contributed by atoms with Crippen LogP contribution < -0.4 is 0 Å². The number of aliphatic hydroxyl groups is 1. The third kappa shape index (κ3) is 3.43. The van der Waals surface area contributed by atoms with Gasteiger partial charge in [0.05, 0.1) is 11.3 Å². The number of alkyl halides is 3. The van der Waals surface area contributed by atoms with E-state index >= 15 is 0 Å². The van der Waals surface area contributed by atoms with Crippen molar-refractivity contribution in [2.75, 3.05) is 6.61 Å². The first-order valence-electron chi connectivity index (χ1n) is 7.66. The van der Waals surface area contributed by atoms with Gasteiger partial charge in [-0.15, -0.1) is 0 Å². The number of aliphatic hydroxyl groups excluding tert-OH is 1. The monoisotopic (exact) mass is 351 g/mol. The van der Waals surface area contributed by atoms with Gasteiger partial charge in [0.2, 0.25) is 0 Å². The first-order valence-corrected chi connectivity index (χ1v) is 7.66. The van der Waals surface area contributed by atoms with Gasteiger partial charge < -0.3 is 10.2 Å². The molecule has 0 saturated heterocycles. The smallest absolute Gasteiger partial charge is 0.416 e. The van der Waals surface area contributed by atoms with Gasteiger partial charge in [0, 0.05) is 30.3 Å². The molecule has 0 aliphatic carbocycles. The van der Waals surface area contributed by atoms with Crippen LogP contribution in [-0.4, -0.2) is 31.6 Å². The Labute approximate surface area is 141 Å². The van der Waals surface area contributed by atoms with Crippen molar-refractivity contribution in [1.82, 2.24) is 14.8 Å². The maximum absolute atomic E-state index is 12.8. The lowest BCUT2D eigenvalue weighted by atomic mass is 10.00. The highest BCUT2D eigenvalue weighted by atomic mass is 19.4. The summed E-state index contributed by atoms with van der Waals surface area (Å²) in [5.41, 5.74) is 0.400. The molecule has 0 unspecified atom stereocenters. The van der Waals surface area contributed by atoms with Crippen LogP contribution in [0.2, 0.25) is 0 Å². The molecule has 0 bridgehead atoms. The van der Waals surface area contributed by atoms with Gasteiger partial charge >= 0.3 is 6.18 Å². The SMILES string of the molecule is Cc1cc(C(F)(F)F)cc(O)c1-c1ccc2cn(CCCO)nc2n1. The molecule has 3 aromatic rings. The number of aromatic nitrogens is 3. The molecule has 0 aliphatic rings. The lowest BCUT2D eigenvalue weighted by Gasteiger charge is -2.13. The zero-order valence-corrected chi connectivity index (χ0v) is 13.4. The zero-order valence-electron chi connectivity index (χ0n) is 13.4. The molecule has 25 heavy (non-hydrogen) atoms. The predicted octanol–water partition coefficient (Wildman–Crippen LogP) is 3.51. The molecular formula is C17H16F3N3O2. The van der Waals surface area contributed by atoms with E-state index in [1.807, 2.05) is 0 Å². The summed E-state index contributed by atoms with van der Waals surface area (Å²) in [4.78, 5) is 4.35. The molecule has 8 heteroatoms. The van der Waals surface area contributed by atoms with Crippen LogP contribution in [0.1, 0.15) is 17.5 Å². The second-order valence-electron chi connectivity index (χ2n) is 5.76. The number of pyridine rings is 1. The standard InChI is InChI=1S/C17H16F3N3O2/c1-10-7-12(17(18,19)20)8-14(25)15(10)13-4-3-11-9-23(5-2-6-24)22-16(11)21-13/h3-4,7-9,24-25H,2,5-6H2,1H3. The zero-order chi connectivity index (χ0) is 18.2. The van der Waals surface area contributed by atoms with Crippen LogP contribution in [0.15, 0.2) is 30.5 Å². The fourth-order valence-corrected chi connectivity index (χ4v) is 2.70. The van der Waals surface area contributed by atoms with Crippen LogP contribution in [0.4, 0.5) is 13.2 Å². The van der Waals surface area contributed by atoms with E-state index in [1.165, 1.54) is 6.92 Å². The molecule has 132 valence electrons. The van der Waals surface area contributed by atoms with Crippen LogP contribution in [0.3, 0.4) is 0 Å². The van der Waals surface area contributed by atoms with Crippen LogP contribution in [0.5, 0.6) is 5.75 Å². The average molecular weight is 351 g/mol. The average Bonchev–Trinajstić information content (AvgIpc) is 2.93. The number of phenols is 1. The van der Waals surface area contributed by atoms with Gasteiger partial charge in [0.1, 0.15) is 5.75 Å². The van der Waals surface area contributed by atoms with Gasteiger partial charge in [-0.05, 0) is 43.2 Å². The molecule has 0 aliphatic heterocycles. The van der Waals surface area contributed by atoms with Crippen LogP contribution in [-0.2, 0) is 12.7 Å². The summed E-state index contributed by atoms with van der Waals surface area (Å²) in [5, 5.41) is 24.0. The van der Waals surface area contributed by atoms with Crippen molar-refractivity contribution in [1.29, 1.82) is 0 Å². The van der Waals surface area contributed by atoms with Gasteiger partial charge in [-0.2, -0.15) is 18.3 Å². The van der Waals surface area contributed by atoms with Crippen molar-refractivity contribution in [3.8, 4) is 17.0 Å². The second kappa shape index (κ2) is 6.36. The first-order chi connectivity index (χ1) is 11.8. The summed E-state index contributed by atoms with van der Waals surface area (Å²) in [6, 6.07) is 5.07. The Morgan fingerprint density at radius 2 is 1.96 bits per heavy atom. The van der Waals surface area contributed by atoms with E-state index < -0.39 is 17.5 Å². The van der Waals surface area contributed by atoms with Crippen molar-refractivity contribution >= 4 is 11.0 Å². The van der Waals surface area contributed by atoms with Crippen molar-refractivity contribution in [3.05, 3.63) is 41.6 Å². The highest BCUT2D eigenvalue weighted by Gasteiger charge is 2.32. The molecule has 0 spiro atoms. The Balaban J connectivity index is 2.04. The Morgan fingerprint density at radius 1 is 1.20 bits per heavy atom. The summed E-state index contributed by atoms with van der Waals surface area (Å²) in [7, 11) is 0. The van der Waals surface area contributed by atoms with E-state index in [0.29, 0.717) is 30.4 Å². The molecule has 2 N–H and O–H groups in total. The Hall–Kier alpha value is -2.61. The van der Waals surface area contributed by atoms with Gasteiger partial charge in [-0.1, -0.05) is 0 Å². The number of aromatic hydroxyl groups is 1. The van der Waals surface area contributed by atoms with Gasteiger partial charge in [0.25, 0.3) is 0 Å². The molecule has 1 aromatic carbocycles. The van der Waals surface area contributed by atoms with Crippen molar-refractivity contribution in [2.45, 2.75) is 26.1 Å². The quantitative estimate of drug-likeness (QED) is 0.755. The number of benzene rings is 1. The molecule has 0 saturated carbocycles. The molecule has 5 nitrogen and oxygen atoms in total. The van der Waals surface area contributed by atoms with Gasteiger partial charge in [-0.25, -0.2) is 4.98 Å². The minimum Gasteiger partial charge on any atom is -0.507 e. The predicted molar refractivity (Wildman–Crippen MR) is 86.1 cm³/mol. The number of hydrogen-bond acceptors (Lipinski definition) is 4. The van der Waals surface area contributed by atoms with Gasteiger partial charge in [0.15, 0.2) is 5.65 Å². The number of hydrogen-bond donors (Lipinski definition) is 2. The number of fused-ring (bicyclic) bond motifs is 1. The number of halogens is 3. The van der Waals surface area contributed by atoms with Gasteiger partial charge in [-0.3, -0.25) is 4.68 Å². The Morgan fingerprint density at radius 3 is 2.60 bits per heavy atom. The van der Waals surface area contributed by atoms with Crippen molar-refractivity contribution in [3.63, 3.8) is 0 Å². The molecular weight excluding hydrogens is 335 g/mol. The minimum atomic E-state index is -4.52. The molecule has 0 atom stereocenters. The molecule has 2 aromatic heterocycles.